The SMILES string of the molecule is COc1cc([C@H](CC=C(C)C)OCCCCCCCCOC(=O)CN2CCN(C)CC2)c(OC)c2c1/C(=N/O)C=C/C2=N\O. The molecule has 1 aliphatic heterocycles. The van der Waals surface area contributed by atoms with E-state index < -0.39 is 0 Å². The first-order valence-electron chi connectivity index (χ1n) is 15.6. The first-order chi connectivity index (χ1) is 21.3. The van der Waals surface area contributed by atoms with Crippen molar-refractivity contribution in [1.82, 2.24) is 9.80 Å². The van der Waals surface area contributed by atoms with E-state index in [9.17, 15) is 15.2 Å². The molecule has 244 valence electrons. The Morgan fingerprint density at radius 3 is 2.11 bits per heavy atom. The fourth-order valence-electron chi connectivity index (χ4n) is 5.45. The molecule has 0 spiro atoms. The highest BCUT2D eigenvalue weighted by Crippen LogP contribution is 2.42. The summed E-state index contributed by atoms with van der Waals surface area (Å²) >= 11 is 0. The number of nitrogens with zero attached hydrogens (tertiary/aromatic N) is 4. The van der Waals surface area contributed by atoms with Gasteiger partial charge in [0.2, 0.25) is 0 Å². The van der Waals surface area contributed by atoms with Crippen LogP contribution in [0.3, 0.4) is 0 Å². The Labute approximate surface area is 261 Å². The number of piperazine rings is 1. The molecule has 0 saturated carbocycles. The Hall–Kier alpha value is -3.41. The number of rotatable bonds is 17. The molecule has 0 radical (unpaired) electrons. The van der Waals surface area contributed by atoms with Crippen LogP contribution < -0.4 is 9.47 Å². The molecule has 11 heteroatoms. The van der Waals surface area contributed by atoms with Crippen LogP contribution in [0, 0.1) is 0 Å². The van der Waals surface area contributed by atoms with Gasteiger partial charge in [-0.25, -0.2) is 0 Å². The summed E-state index contributed by atoms with van der Waals surface area (Å²) in [5.41, 5.74) is 3.45. The van der Waals surface area contributed by atoms with Gasteiger partial charge in [0.15, 0.2) is 0 Å². The number of allylic oxidation sites excluding steroid dienone is 3. The quantitative estimate of drug-likeness (QED) is 0.0803. The molecule has 2 N–H and O–H groups in total. The number of methoxy groups -OCH3 is 2. The van der Waals surface area contributed by atoms with Crippen molar-refractivity contribution in [2.24, 2.45) is 10.3 Å². The second kappa shape index (κ2) is 18.4. The minimum atomic E-state index is -0.333. The lowest BCUT2D eigenvalue weighted by Gasteiger charge is -2.31. The topological polar surface area (TPSA) is 126 Å². The van der Waals surface area contributed by atoms with Crippen molar-refractivity contribution in [3.8, 4) is 11.5 Å². The summed E-state index contributed by atoms with van der Waals surface area (Å²) in [6.45, 7) is 9.34. The molecule has 1 saturated heterocycles. The van der Waals surface area contributed by atoms with Crippen LogP contribution >= 0.6 is 0 Å². The molecular weight excluding hydrogens is 564 g/mol. The fourth-order valence-corrected chi connectivity index (χ4v) is 5.45. The Bertz CT molecular complexity index is 1200. The lowest BCUT2D eigenvalue weighted by Crippen LogP contribution is -2.46. The van der Waals surface area contributed by atoms with Gasteiger partial charge in [-0.15, -0.1) is 0 Å². The fraction of sp³-hybridized carbons (Fsp3) is 0.606. The smallest absolute Gasteiger partial charge is 0.320 e. The van der Waals surface area contributed by atoms with Crippen molar-refractivity contribution in [1.29, 1.82) is 0 Å². The van der Waals surface area contributed by atoms with Gasteiger partial charge < -0.3 is 34.3 Å². The highest BCUT2D eigenvalue weighted by Gasteiger charge is 2.31. The van der Waals surface area contributed by atoms with Gasteiger partial charge in [-0.05, 0) is 58.4 Å². The molecule has 11 nitrogen and oxygen atoms in total. The Morgan fingerprint density at radius 2 is 1.52 bits per heavy atom. The average molecular weight is 615 g/mol. The van der Waals surface area contributed by atoms with E-state index in [0.29, 0.717) is 48.8 Å². The minimum absolute atomic E-state index is 0.124. The van der Waals surface area contributed by atoms with Crippen LogP contribution in [0.15, 0.2) is 40.2 Å². The van der Waals surface area contributed by atoms with Crippen LogP contribution in [0.25, 0.3) is 0 Å². The number of hydrogen-bond acceptors (Lipinski definition) is 11. The molecule has 1 atom stereocenters. The molecule has 1 aromatic carbocycles. The third kappa shape index (κ3) is 10.1. The van der Waals surface area contributed by atoms with Crippen molar-refractivity contribution in [3.05, 3.63) is 46.6 Å². The normalized spacial score (nSPS) is 17.8. The second-order valence-electron chi connectivity index (χ2n) is 11.6. The van der Waals surface area contributed by atoms with Crippen LogP contribution in [0.5, 0.6) is 11.5 Å². The van der Waals surface area contributed by atoms with E-state index in [4.69, 9.17) is 18.9 Å². The zero-order valence-electron chi connectivity index (χ0n) is 27.0. The summed E-state index contributed by atoms with van der Waals surface area (Å²) in [6, 6.07) is 1.85. The van der Waals surface area contributed by atoms with Gasteiger partial charge in [0.25, 0.3) is 0 Å². The largest absolute Gasteiger partial charge is 0.496 e. The predicted octanol–water partition coefficient (Wildman–Crippen LogP) is 5.18. The van der Waals surface area contributed by atoms with E-state index in [1.165, 1.54) is 5.57 Å². The van der Waals surface area contributed by atoms with Crippen molar-refractivity contribution >= 4 is 17.4 Å². The van der Waals surface area contributed by atoms with Gasteiger partial charge in [-0.1, -0.05) is 47.6 Å². The number of carbonyl (C=O) groups is 1. The maximum absolute atomic E-state index is 12.1. The Morgan fingerprint density at radius 1 is 0.909 bits per heavy atom. The van der Waals surface area contributed by atoms with E-state index in [-0.39, 0.29) is 23.5 Å². The van der Waals surface area contributed by atoms with Gasteiger partial charge in [0.05, 0.1) is 44.6 Å². The molecule has 3 rings (SSSR count). The van der Waals surface area contributed by atoms with E-state index in [1.807, 2.05) is 19.9 Å². The maximum atomic E-state index is 12.1. The monoisotopic (exact) mass is 614 g/mol. The number of carbonyl (C=O) groups excluding carboxylic acids is 1. The molecule has 1 fully saturated rings. The van der Waals surface area contributed by atoms with Gasteiger partial charge >= 0.3 is 5.97 Å². The van der Waals surface area contributed by atoms with Crippen LogP contribution in [0.1, 0.15) is 81.6 Å². The number of hydrogen-bond donors (Lipinski definition) is 2. The van der Waals surface area contributed by atoms with Crippen LogP contribution in [-0.4, -0.2) is 105 Å². The molecule has 2 aliphatic rings. The molecule has 0 unspecified atom stereocenters. The Kier molecular flexibility index (Phi) is 14.7. The van der Waals surface area contributed by atoms with E-state index in [0.717, 1.165) is 70.3 Å². The van der Waals surface area contributed by atoms with E-state index in [1.54, 1.807) is 26.4 Å². The molecule has 1 heterocycles. The third-order valence-electron chi connectivity index (χ3n) is 7.98. The number of likely N-dealkylation sites (N-methyl/N-ethyl adjacent to an activating group) is 1. The number of oxime groups is 2. The summed E-state index contributed by atoms with van der Waals surface area (Å²) < 4.78 is 23.4. The van der Waals surface area contributed by atoms with Crippen molar-refractivity contribution in [3.63, 3.8) is 0 Å². The maximum Gasteiger partial charge on any atom is 0.320 e. The Balaban J connectivity index is 1.50. The van der Waals surface area contributed by atoms with Gasteiger partial charge in [-0.2, -0.15) is 0 Å². The zero-order chi connectivity index (χ0) is 31.9. The first kappa shape index (κ1) is 35.1. The van der Waals surface area contributed by atoms with Crippen LogP contribution in [0.4, 0.5) is 0 Å². The summed E-state index contributed by atoms with van der Waals surface area (Å²) in [6.07, 6.45) is 11.5. The number of benzene rings is 1. The van der Waals surface area contributed by atoms with Crippen molar-refractivity contribution < 1.29 is 34.2 Å². The lowest BCUT2D eigenvalue weighted by atomic mass is 9.88. The molecule has 44 heavy (non-hydrogen) atoms. The lowest BCUT2D eigenvalue weighted by molar-refractivity contribution is -0.145. The molecule has 0 bridgehead atoms. The van der Waals surface area contributed by atoms with Gasteiger partial charge in [-0.3, -0.25) is 9.69 Å². The third-order valence-corrected chi connectivity index (χ3v) is 7.98. The standard InChI is InChI=1S/C33H50N4O7/c1-24(2)12-15-28(25-22-29(41-4)31-26(34-39)13-14-27(35-40)32(31)33(25)42-5)43-20-10-8-6-7-9-11-21-44-30(38)23-37-18-16-36(3)17-19-37/h12-14,22,28,39-40H,6-11,15-21,23H2,1-5H3/b34-26+,35-27+/t28-/m0/s1. The molecule has 1 aliphatic carbocycles. The highest BCUT2D eigenvalue weighted by atomic mass is 16.5. The van der Waals surface area contributed by atoms with Crippen LogP contribution in [-0.2, 0) is 14.3 Å². The summed E-state index contributed by atoms with van der Waals surface area (Å²) in [7, 11) is 5.20. The molecular formula is C33H50N4O7. The zero-order valence-corrected chi connectivity index (χ0v) is 27.0. The summed E-state index contributed by atoms with van der Waals surface area (Å²) in [4.78, 5) is 16.5. The van der Waals surface area contributed by atoms with Crippen molar-refractivity contribution in [2.75, 3.05) is 67.2 Å². The molecule has 1 aromatic rings. The summed E-state index contributed by atoms with van der Waals surface area (Å²) in [5.74, 6) is 0.821. The highest BCUT2D eigenvalue weighted by molar-refractivity contribution is 6.27. The molecule has 0 aromatic heterocycles. The van der Waals surface area contributed by atoms with Gasteiger partial charge in [0.1, 0.15) is 22.9 Å². The minimum Gasteiger partial charge on any atom is -0.496 e. The number of fused-ring (bicyclic) bond motifs is 1. The predicted molar refractivity (Wildman–Crippen MR) is 171 cm³/mol. The number of unbranched alkanes of at least 4 members (excludes halogenated alkanes) is 5. The van der Waals surface area contributed by atoms with E-state index in [2.05, 4.69) is 33.2 Å². The summed E-state index contributed by atoms with van der Waals surface area (Å²) in [5, 5.41) is 26.2. The number of esters is 1. The molecule has 0 amide bonds. The van der Waals surface area contributed by atoms with E-state index >= 15 is 0 Å². The first-order valence-corrected chi connectivity index (χ1v) is 15.6. The van der Waals surface area contributed by atoms with Crippen molar-refractivity contribution in [2.45, 2.75) is 64.9 Å². The van der Waals surface area contributed by atoms with Crippen LogP contribution in [0.2, 0.25) is 0 Å². The number of ether oxygens (including phenoxy) is 4. The average Bonchev–Trinajstić information content (AvgIpc) is 3.02. The second-order valence-corrected chi connectivity index (χ2v) is 11.6. The van der Waals surface area contributed by atoms with Gasteiger partial charge in [0, 0.05) is 38.3 Å².